The van der Waals surface area contributed by atoms with Crippen molar-refractivity contribution in [2.24, 2.45) is 0 Å². The normalized spacial score (nSPS) is 10.7. The van der Waals surface area contributed by atoms with E-state index in [1.165, 1.54) is 0 Å². The van der Waals surface area contributed by atoms with E-state index in [-0.39, 0.29) is 0 Å². The van der Waals surface area contributed by atoms with Gasteiger partial charge in [-0.3, -0.25) is 0 Å². The van der Waals surface area contributed by atoms with E-state index >= 15 is 0 Å². The highest BCUT2D eigenvalue weighted by Gasteiger charge is 2.12. The van der Waals surface area contributed by atoms with Gasteiger partial charge in [-0.1, -0.05) is 54.1 Å². The standard InChI is InChI=1S/C15H11ClO2/c16-14-12-8-4-5-9-13(12)18-15(14)17-10-11-6-2-1-3-7-11/h1-9H,10H2. The molecule has 3 aromatic rings. The van der Waals surface area contributed by atoms with Crippen molar-refractivity contribution in [2.45, 2.75) is 6.61 Å². The average Bonchev–Trinajstić information content (AvgIpc) is 2.75. The highest BCUT2D eigenvalue weighted by Crippen LogP contribution is 2.36. The van der Waals surface area contributed by atoms with Gasteiger partial charge in [-0.2, -0.15) is 0 Å². The summed E-state index contributed by atoms with van der Waals surface area (Å²) >= 11 is 6.20. The van der Waals surface area contributed by atoms with Gasteiger partial charge in [0.1, 0.15) is 17.2 Å². The van der Waals surface area contributed by atoms with Crippen LogP contribution in [-0.2, 0) is 6.61 Å². The van der Waals surface area contributed by atoms with Crippen molar-refractivity contribution in [3.63, 3.8) is 0 Å². The molecule has 18 heavy (non-hydrogen) atoms. The van der Waals surface area contributed by atoms with Crippen LogP contribution in [0.25, 0.3) is 11.0 Å². The SMILES string of the molecule is Clc1c(OCc2ccccc2)oc2ccccc12. The summed E-state index contributed by atoms with van der Waals surface area (Å²) in [5.74, 6) is 0.377. The van der Waals surface area contributed by atoms with Crippen molar-refractivity contribution in [3.8, 4) is 5.95 Å². The van der Waals surface area contributed by atoms with Gasteiger partial charge in [-0.05, 0) is 17.7 Å². The molecule has 3 heteroatoms. The second-order valence-electron chi connectivity index (χ2n) is 3.97. The molecule has 0 amide bonds. The van der Waals surface area contributed by atoms with Gasteiger partial charge in [-0.15, -0.1) is 0 Å². The van der Waals surface area contributed by atoms with Crippen LogP contribution < -0.4 is 4.74 Å². The van der Waals surface area contributed by atoms with E-state index in [2.05, 4.69) is 0 Å². The molecule has 3 rings (SSSR count). The molecule has 0 aliphatic carbocycles. The lowest BCUT2D eigenvalue weighted by Crippen LogP contribution is -1.93. The van der Waals surface area contributed by atoms with Crippen LogP contribution in [0.1, 0.15) is 5.56 Å². The van der Waals surface area contributed by atoms with Crippen LogP contribution in [-0.4, -0.2) is 0 Å². The lowest BCUT2D eigenvalue weighted by Gasteiger charge is -2.02. The number of rotatable bonds is 3. The predicted octanol–water partition coefficient (Wildman–Crippen LogP) is 4.67. The highest BCUT2D eigenvalue weighted by molar-refractivity contribution is 6.36. The number of halogens is 1. The molecule has 0 N–H and O–H groups in total. The third-order valence-corrected chi connectivity index (χ3v) is 3.08. The van der Waals surface area contributed by atoms with Crippen molar-refractivity contribution in [2.75, 3.05) is 0 Å². The summed E-state index contributed by atoms with van der Waals surface area (Å²) < 4.78 is 11.2. The van der Waals surface area contributed by atoms with Crippen LogP contribution in [0, 0.1) is 0 Å². The second-order valence-corrected chi connectivity index (χ2v) is 4.35. The molecule has 1 aromatic heterocycles. The van der Waals surface area contributed by atoms with Crippen LogP contribution in [0.15, 0.2) is 59.0 Å². The summed E-state index contributed by atoms with van der Waals surface area (Å²) in [6.45, 7) is 0.445. The number of hydrogen-bond donors (Lipinski definition) is 0. The van der Waals surface area contributed by atoms with Crippen molar-refractivity contribution < 1.29 is 9.15 Å². The Labute approximate surface area is 110 Å². The van der Waals surface area contributed by atoms with Gasteiger partial charge < -0.3 is 9.15 Å². The van der Waals surface area contributed by atoms with E-state index in [0.29, 0.717) is 17.6 Å². The molecule has 0 saturated heterocycles. The first-order chi connectivity index (χ1) is 8.84. The molecule has 0 spiro atoms. The van der Waals surface area contributed by atoms with E-state index in [4.69, 9.17) is 20.8 Å². The number of benzene rings is 2. The lowest BCUT2D eigenvalue weighted by atomic mass is 10.2. The fraction of sp³-hybridized carbons (Fsp3) is 0.0667. The van der Waals surface area contributed by atoms with Gasteiger partial charge in [0.2, 0.25) is 0 Å². The first-order valence-corrected chi connectivity index (χ1v) is 6.06. The van der Waals surface area contributed by atoms with Crippen molar-refractivity contribution in [1.29, 1.82) is 0 Å². The quantitative estimate of drug-likeness (QED) is 0.681. The highest BCUT2D eigenvalue weighted by atomic mass is 35.5. The molecule has 2 nitrogen and oxygen atoms in total. The number of ether oxygens (including phenoxy) is 1. The monoisotopic (exact) mass is 258 g/mol. The van der Waals surface area contributed by atoms with Gasteiger partial charge in [0.15, 0.2) is 0 Å². The number of para-hydroxylation sites is 1. The number of hydrogen-bond acceptors (Lipinski definition) is 2. The smallest absolute Gasteiger partial charge is 0.305 e. The van der Waals surface area contributed by atoms with E-state index in [1.54, 1.807) is 0 Å². The Balaban J connectivity index is 1.85. The van der Waals surface area contributed by atoms with E-state index < -0.39 is 0 Å². The lowest BCUT2D eigenvalue weighted by molar-refractivity contribution is 0.239. The van der Waals surface area contributed by atoms with E-state index in [0.717, 1.165) is 16.5 Å². The summed E-state index contributed by atoms with van der Waals surface area (Å²) in [5, 5.41) is 1.41. The molecule has 0 atom stereocenters. The van der Waals surface area contributed by atoms with Gasteiger partial charge in [-0.25, -0.2) is 0 Å². The molecule has 90 valence electrons. The Morgan fingerprint density at radius 2 is 1.67 bits per heavy atom. The first-order valence-electron chi connectivity index (χ1n) is 5.68. The molecule has 0 fully saturated rings. The summed E-state index contributed by atoms with van der Waals surface area (Å²) in [7, 11) is 0. The van der Waals surface area contributed by atoms with Crippen LogP contribution >= 0.6 is 11.6 Å². The van der Waals surface area contributed by atoms with Gasteiger partial charge in [0, 0.05) is 5.39 Å². The molecule has 0 unspecified atom stereocenters. The Morgan fingerprint density at radius 1 is 0.944 bits per heavy atom. The maximum absolute atomic E-state index is 6.20. The summed E-state index contributed by atoms with van der Waals surface area (Å²) in [4.78, 5) is 0. The second kappa shape index (κ2) is 4.75. The molecule has 0 bridgehead atoms. The molecule has 0 saturated carbocycles. The van der Waals surface area contributed by atoms with Crippen LogP contribution in [0.4, 0.5) is 0 Å². The van der Waals surface area contributed by atoms with Crippen LogP contribution in [0.5, 0.6) is 5.95 Å². The minimum atomic E-state index is 0.377. The minimum Gasteiger partial charge on any atom is -0.459 e. The van der Waals surface area contributed by atoms with Crippen LogP contribution in [0.3, 0.4) is 0 Å². The average molecular weight is 259 g/mol. The zero-order valence-corrected chi connectivity index (χ0v) is 10.4. The van der Waals surface area contributed by atoms with Gasteiger partial charge in [0.25, 0.3) is 0 Å². The minimum absolute atomic E-state index is 0.377. The molecular weight excluding hydrogens is 248 g/mol. The Kier molecular flexibility index (Phi) is 2.95. The molecule has 1 heterocycles. The van der Waals surface area contributed by atoms with Crippen LogP contribution in [0.2, 0.25) is 5.02 Å². The largest absolute Gasteiger partial charge is 0.459 e. The van der Waals surface area contributed by atoms with E-state index in [9.17, 15) is 0 Å². The maximum atomic E-state index is 6.20. The third-order valence-electron chi connectivity index (χ3n) is 2.72. The Bertz CT molecular complexity index is 659. The molecule has 2 aromatic carbocycles. The van der Waals surface area contributed by atoms with Gasteiger partial charge in [0.05, 0.1) is 0 Å². The third kappa shape index (κ3) is 2.07. The first kappa shape index (κ1) is 11.2. The number of furan rings is 1. The molecule has 0 radical (unpaired) electrons. The van der Waals surface area contributed by atoms with Crippen molar-refractivity contribution >= 4 is 22.6 Å². The van der Waals surface area contributed by atoms with Gasteiger partial charge >= 0.3 is 5.95 Å². The zero-order valence-electron chi connectivity index (χ0n) is 9.60. The molecule has 0 aliphatic heterocycles. The van der Waals surface area contributed by atoms with Crippen molar-refractivity contribution in [3.05, 3.63) is 65.2 Å². The molecule has 0 aliphatic rings. The zero-order chi connectivity index (χ0) is 12.4. The Hall–Kier alpha value is -1.93. The summed E-state index contributed by atoms with van der Waals surface area (Å²) in [5.41, 5.74) is 1.82. The fourth-order valence-corrected chi connectivity index (χ4v) is 2.06. The summed E-state index contributed by atoms with van der Waals surface area (Å²) in [6, 6.07) is 17.5. The summed E-state index contributed by atoms with van der Waals surface area (Å²) in [6.07, 6.45) is 0. The fourth-order valence-electron chi connectivity index (χ4n) is 1.81. The van der Waals surface area contributed by atoms with Crippen molar-refractivity contribution in [1.82, 2.24) is 0 Å². The molecular formula is C15H11ClO2. The maximum Gasteiger partial charge on any atom is 0.305 e. The topological polar surface area (TPSA) is 22.4 Å². The van der Waals surface area contributed by atoms with E-state index in [1.807, 2.05) is 54.6 Å². The predicted molar refractivity (Wildman–Crippen MR) is 72.0 cm³/mol. The number of fused-ring (bicyclic) bond motifs is 1. The Morgan fingerprint density at radius 3 is 2.44 bits per heavy atom.